The lowest BCUT2D eigenvalue weighted by atomic mass is 10.2. The van der Waals surface area contributed by atoms with Crippen LogP contribution in [0, 0.1) is 0 Å². The third kappa shape index (κ3) is 3.19. The molecule has 7 heteroatoms. The van der Waals surface area contributed by atoms with Gasteiger partial charge in [-0.2, -0.15) is 0 Å². The van der Waals surface area contributed by atoms with Gasteiger partial charge < -0.3 is 15.0 Å². The van der Waals surface area contributed by atoms with Gasteiger partial charge in [-0.3, -0.25) is 4.79 Å². The van der Waals surface area contributed by atoms with Gasteiger partial charge in [0.15, 0.2) is 5.17 Å². The van der Waals surface area contributed by atoms with E-state index in [4.69, 9.17) is 5.11 Å². The van der Waals surface area contributed by atoms with Crippen molar-refractivity contribution < 1.29 is 14.7 Å². The number of benzene rings is 1. The first-order chi connectivity index (χ1) is 11.0. The zero-order chi connectivity index (χ0) is 16.4. The first kappa shape index (κ1) is 15.1. The van der Waals surface area contributed by atoms with Crippen LogP contribution in [0.1, 0.15) is 16.1 Å². The van der Waals surface area contributed by atoms with E-state index >= 15 is 0 Å². The number of thioether (sulfide) groups is 1. The lowest BCUT2D eigenvalue weighted by Gasteiger charge is -2.00. The van der Waals surface area contributed by atoms with Crippen molar-refractivity contribution in [2.75, 3.05) is 0 Å². The van der Waals surface area contributed by atoms with Gasteiger partial charge in [-0.15, -0.1) is 0 Å². The molecule has 116 valence electrons. The lowest BCUT2D eigenvalue weighted by molar-refractivity contribution is -0.115. The van der Waals surface area contributed by atoms with Crippen LogP contribution in [0.25, 0.3) is 6.08 Å². The Hall–Kier alpha value is -2.80. The number of carbonyl (C=O) groups excluding carboxylic acids is 1. The molecule has 2 heterocycles. The molecule has 1 aromatic heterocycles. The number of rotatable bonds is 3. The second-order valence-electron chi connectivity index (χ2n) is 4.85. The van der Waals surface area contributed by atoms with Gasteiger partial charge in [-0.1, -0.05) is 12.1 Å². The Morgan fingerprint density at radius 1 is 1.30 bits per heavy atom. The fraction of sp³-hybridized carbons (Fsp3) is 0.0625. The highest BCUT2D eigenvalue weighted by Gasteiger charge is 2.24. The van der Waals surface area contributed by atoms with Crippen LogP contribution in [0.15, 0.2) is 52.5 Å². The molecule has 2 aromatic rings. The Kier molecular flexibility index (Phi) is 4.03. The Balaban J connectivity index is 1.90. The number of carbonyl (C=O) groups is 2. The molecule has 0 unspecified atom stereocenters. The quantitative estimate of drug-likeness (QED) is 0.849. The molecule has 23 heavy (non-hydrogen) atoms. The van der Waals surface area contributed by atoms with Gasteiger partial charge in [-0.25, -0.2) is 9.79 Å². The van der Waals surface area contributed by atoms with Crippen LogP contribution >= 0.6 is 11.8 Å². The van der Waals surface area contributed by atoms with E-state index in [9.17, 15) is 9.59 Å². The minimum Gasteiger partial charge on any atom is -0.478 e. The van der Waals surface area contributed by atoms with Crippen molar-refractivity contribution in [1.29, 1.82) is 0 Å². The SMILES string of the molecule is Cn1cccc1C=C1SC(=Nc2ccccc2C(=O)O)NC1=O. The van der Waals surface area contributed by atoms with E-state index < -0.39 is 5.97 Å². The van der Waals surface area contributed by atoms with E-state index in [1.165, 1.54) is 17.8 Å². The summed E-state index contributed by atoms with van der Waals surface area (Å²) in [7, 11) is 1.89. The number of hydrogen-bond donors (Lipinski definition) is 2. The summed E-state index contributed by atoms with van der Waals surface area (Å²) >= 11 is 1.19. The molecular weight excluding hydrogens is 314 g/mol. The molecule has 0 radical (unpaired) electrons. The van der Waals surface area contributed by atoms with Crippen LogP contribution in [0.3, 0.4) is 0 Å². The molecule has 2 N–H and O–H groups in total. The van der Waals surface area contributed by atoms with Crippen molar-refractivity contribution in [3.63, 3.8) is 0 Å². The predicted octanol–water partition coefficient (Wildman–Crippen LogP) is 2.61. The number of nitrogens with zero attached hydrogens (tertiary/aromatic N) is 2. The number of hydrogen-bond acceptors (Lipinski definition) is 4. The number of amides is 1. The molecule has 0 atom stereocenters. The molecule has 1 saturated heterocycles. The van der Waals surface area contributed by atoms with Crippen molar-refractivity contribution in [2.24, 2.45) is 12.0 Å². The van der Waals surface area contributed by atoms with Crippen LogP contribution in [0.2, 0.25) is 0 Å². The summed E-state index contributed by atoms with van der Waals surface area (Å²) in [4.78, 5) is 28.0. The fourth-order valence-corrected chi connectivity index (χ4v) is 2.92. The van der Waals surface area contributed by atoms with Crippen molar-refractivity contribution in [3.05, 3.63) is 58.8 Å². The Labute approximate surface area is 136 Å². The summed E-state index contributed by atoms with van der Waals surface area (Å²) in [5, 5.41) is 12.2. The van der Waals surface area contributed by atoms with Crippen LogP contribution in [0.4, 0.5) is 5.69 Å². The summed E-state index contributed by atoms with van der Waals surface area (Å²) in [6.45, 7) is 0. The number of aromatic nitrogens is 1. The monoisotopic (exact) mass is 327 g/mol. The van der Waals surface area contributed by atoms with E-state index in [1.54, 1.807) is 24.3 Å². The fourth-order valence-electron chi connectivity index (χ4n) is 2.10. The van der Waals surface area contributed by atoms with Gasteiger partial charge in [0.05, 0.1) is 16.2 Å². The summed E-state index contributed by atoms with van der Waals surface area (Å²) in [5.74, 6) is -1.30. The van der Waals surface area contributed by atoms with Gasteiger partial charge in [0.1, 0.15) is 0 Å². The molecule has 3 rings (SSSR count). The molecule has 0 bridgehead atoms. The maximum absolute atomic E-state index is 12.0. The summed E-state index contributed by atoms with van der Waals surface area (Å²) < 4.78 is 1.90. The molecule has 1 aromatic carbocycles. The number of carboxylic acid groups (broad SMARTS) is 1. The van der Waals surface area contributed by atoms with Gasteiger partial charge in [-0.05, 0) is 42.1 Å². The molecule has 6 nitrogen and oxygen atoms in total. The smallest absolute Gasteiger partial charge is 0.337 e. The highest BCUT2D eigenvalue weighted by Crippen LogP contribution is 2.29. The number of para-hydroxylation sites is 1. The Morgan fingerprint density at radius 2 is 2.09 bits per heavy atom. The van der Waals surface area contributed by atoms with E-state index in [-0.39, 0.29) is 11.5 Å². The van der Waals surface area contributed by atoms with Crippen LogP contribution in [-0.4, -0.2) is 26.7 Å². The van der Waals surface area contributed by atoms with Crippen LogP contribution < -0.4 is 5.32 Å². The molecule has 1 aliphatic heterocycles. The van der Waals surface area contributed by atoms with E-state index in [1.807, 2.05) is 29.9 Å². The zero-order valence-corrected chi connectivity index (χ0v) is 13.0. The summed E-state index contributed by atoms with van der Waals surface area (Å²) in [6.07, 6.45) is 3.66. The third-order valence-electron chi connectivity index (χ3n) is 3.27. The maximum atomic E-state index is 12.0. The van der Waals surface area contributed by atoms with Crippen molar-refractivity contribution in [3.8, 4) is 0 Å². The zero-order valence-electron chi connectivity index (χ0n) is 12.2. The average Bonchev–Trinajstić information content (AvgIpc) is 3.06. The summed E-state index contributed by atoms with van der Waals surface area (Å²) in [5.41, 5.74) is 1.30. The van der Waals surface area contributed by atoms with E-state index in [2.05, 4.69) is 10.3 Å². The second-order valence-corrected chi connectivity index (χ2v) is 5.88. The number of aliphatic imine (C=N–C) groups is 1. The van der Waals surface area contributed by atoms with Gasteiger partial charge >= 0.3 is 5.97 Å². The van der Waals surface area contributed by atoms with Crippen molar-refractivity contribution >= 4 is 40.6 Å². The summed E-state index contributed by atoms with van der Waals surface area (Å²) in [6, 6.07) is 10.2. The maximum Gasteiger partial charge on any atom is 0.337 e. The lowest BCUT2D eigenvalue weighted by Crippen LogP contribution is -2.19. The van der Waals surface area contributed by atoms with Crippen molar-refractivity contribution in [2.45, 2.75) is 0 Å². The Bertz CT molecular complexity index is 852. The number of nitrogens with one attached hydrogen (secondary N) is 1. The molecule has 1 fully saturated rings. The first-order valence-corrected chi connectivity index (χ1v) is 7.59. The molecular formula is C16H13N3O3S. The third-order valence-corrected chi connectivity index (χ3v) is 4.18. The molecule has 1 amide bonds. The average molecular weight is 327 g/mol. The number of aryl methyl sites for hydroxylation is 1. The largest absolute Gasteiger partial charge is 0.478 e. The van der Waals surface area contributed by atoms with E-state index in [0.29, 0.717) is 15.8 Å². The minimum absolute atomic E-state index is 0.0923. The number of aromatic carboxylic acids is 1. The normalized spacial score (nSPS) is 17.7. The van der Waals surface area contributed by atoms with Crippen molar-refractivity contribution in [1.82, 2.24) is 9.88 Å². The Morgan fingerprint density at radius 3 is 2.78 bits per heavy atom. The predicted molar refractivity (Wildman–Crippen MR) is 89.6 cm³/mol. The highest BCUT2D eigenvalue weighted by molar-refractivity contribution is 8.18. The van der Waals surface area contributed by atoms with Gasteiger partial charge in [0.2, 0.25) is 0 Å². The molecule has 0 saturated carbocycles. The standard InChI is InChI=1S/C16H13N3O3S/c1-19-8-4-5-10(19)9-13-14(20)18-16(23-13)17-12-7-3-2-6-11(12)15(21)22/h2-9H,1H3,(H,21,22)(H,17,18,20). The molecule has 1 aliphatic rings. The van der Waals surface area contributed by atoms with Gasteiger partial charge in [0.25, 0.3) is 5.91 Å². The topological polar surface area (TPSA) is 83.7 Å². The number of amidine groups is 1. The molecule has 0 spiro atoms. The van der Waals surface area contributed by atoms with E-state index in [0.717, 1.165) is 5.69 Å². The van der Waals surface area contributed by atoms with Crippen LogP contribution in [-0.2, 0) is 11.8 Å². The van der Waals surface area contributed by atoms with Crippen LogP contribution in [0.5, 0.6) is 0 Å². The minimum atomic E-state index is -1.06. The first-order valence-electron chi connectivity index (χ1n) is 6.78. The second kappa shape index (κ2) is 6.13. The molecule has 0 aliphatic carbocycles. The van der Waals surface area contributed by atoms with Gasteiger partial charge in [0, 0.05) is 18.9 Å². The highest BCUT2D eigenvalue weighted by atomic mass is 32.2. The number of carboxylic acids is 1.